The molecule has 2 aromatic heterocycles. The zero-order valence-electron chi connectivity index (χ0n) is 9.35. The molecule has 98 valence electrons. The van der Waals surface area contributed by atoms with Gasteiger partial charge in [-0.25, -0.2) is 4.98 Å². The second-order valence-corrected chi connectivity index (χ2v) is 4.84. The summed E-state index contributed by atoms with van der Waals surface area (Å²) in [5.74, 6) is -0.188. The van der Waals surface area contributed by atoms with E-state index in [2.05, 4.69) is 10.1 Å². The second kappa shape index (κ2) is 3.95. The molecule has 1 aromatic carbocycles. The van der Waals surface area contributed by atoms with Gasteiger partial charge in [-0.05, 0) is 12.1 Å². The quantitative estimate of drug-likeness (QED) is 0.747. The minimum absolute atomic E-state index is 0.144. The molecule has 0 atom stereocenters. The Kier molecular flexibility index (Phi) is 2.49. The van der Waals surface area contributed by atoms with Crippen LogP contribution in [-0.4, -0.2) is 14.8 Å². The largest absolute Gasteiger partial charge is 0.433 e. The number of alkyl halides is 3. The molecule has 0 radical (unpaired) electrons. The second-order valence-electron chi connectivity index (χ2n) is 3.83. The van der Waals surface area contributed by atoms with Crippen molar-refractivity contribution in [3.8, 4) is 5.13 Å². The number of nitrogens with zero attached hydrogens (tertiary/aromatic N) is 3. The van der Waals surface area contributed by atoms with Gasteiger partial charge in [-0.3, -0.25) is 0 Å². The van der Waals surface area contributed by atoms with Crippen molar-refractivity contribution in [1.29, 1.82) is 0 Å². The van der Waals surface area contributed by atoms with Crippen LogP contribution in [0.15, 0.2) is 30.3 Å². The minimum Gasteiger partial charge on any atom is -0.382 e. The number of hydrogen-bond acceptors (Lipinski definition) is 4. The fourth-order valence-electron chi connectivity index (χ4n) is 1.70. The molecule has 0 spiro atoms. The van der Waals surface area contributed by atoms with Crippen molar-refractivity contribution in [2.24, 2.45) is 0 Å². The summed E-state index contributed by atoms with van der Waals surface area (Å²) >= 11 is 1.13. The Hall–Kier alpha value is -2.09. The Morgan fingerprint density at radius 2 is 1.95 bits per heavy atom. The molecule has 0 aliphatic rings. The third-order valence-corrected chi connectivity index (χ3v) is 3.49. The average molecular weight is 284 g/mol. The molecule has 0 fully saturated rings. The van der Waals surface area contributed by atoms with Gasteiger partial charge < -0.3 is 5.73 Å². The molecule has 8 heteroatoms. The van der Waals surface area contributed by atoms with Crippen molar-refractivity contribution < 1.29 is 13.2 Å². The summed E-state index contributed by atoms with van der Waals surface area (Å²) in [4.78, 5) is 4.13. The van der Waals surface area contributed by atoms with E-state index in [-0.39, 0.29) is 10.9 Å². The fourth-order valence-corrected chi connectivity index (χ4v) is 2.63. The highest BCUT2D eigenvalue weighted by molar-refractivity contribution is 7.20. The third-order valence-electron chi connectivity index (χ3n) is 2.48. The van der Waals surface area contributed by atoms with Crippen LogP contribution in [0.3, 0.4) is 0 Å². The van der Waals surface area contributed by atoms with Crippen LogP contribution in [0.5, 0.6) is 0 Å². The van der Waals surface area contributed by atoms with E-state index in [0.717, 1.165) is 26.8 Å². The molecule has 0 saturated heterocycles. The molecule has 0 aliphatic carbocycles. The predicted molar refractivity (Wildman–Crippen MR) is 66.2 cm³/mol. The molecule has 0 unspecified atom stereocenters. The van der Waals surface area contributed by atoms with Gasteiger partial charge in [0.2, 0.25) is 5.13 Å². The number of fused-ring (bicyclic) bond motifs is 1. The number of hydrogen-bond donors (Lipinski definition) is 1. The fraction of sp³-hybridized carbons (Fsp3) is 0.0909. The smallest absolute Gasteiger partial charge is 0.382 e. The van der Waals surface area contributed by atoms with Gasteiger partial charge in [-0.1, -0.05) is 23.5 Å². The monoisotopic (exact) mass is 284 g/mol. The van der Waals surface area contributed by atoms with Crippen molar-refractivity contribution in [2.45, 2.75) is 6.18 Å². The summed E-state index contributed by atoms with van der Waals surface area (Å²) in [7, 11) is 0. The lowest BCUT2D eigenvalue weighted by atomic mass is 10.3. The first-order chi connectivity index (χ1) is 8.95. The molecule has 2 heterocycles. The van der Waals surface area contributed by atoms with Crippen LogP contribution in [0.1, 0.15) is 5.69 Å². The third kappa shape index (κ3) is 2.03. The Labute approximate surface area is 109 Å². The van der Waals surface area contributed by atoms with Crippen LogP contribution in [0.4, 0.5) is 19.0 Å². The van der Waals surface area contributed by atoms with E-state index in [0.29, 0.717) is 5.52 Å². The Balaban J connectivity index is 2.21. The lowest BCUT2D eigenvalue weighted by molar-refractivity contribution is -0.142. The van der Waals surface area contributed by atoms with E-state index in [4.69, 9.17) is 5.73 Å². The minimum atomic E-state index is -4.53. The van der Waals surface area contributed by atoms with Gasteiger partial charge in [0.05, 0.1) is 10.2 Å². The molecular weight excluding hydrogens is 277 g/mol. The first-order valence-corrected chi connectivity index (χ1v) is 6.05. The van der Waals surface area contributed by atoms with Crippen LogP contribution < -0.4 is 5.73 Å². The summed E-state index contributed by atoms with van der Waals surface area (Å²) in [5, 5.41) is 3.81. The number of aromatic nitrogens is 3. The SMILES string of the molecule is Nc1cc(C(F)(F)F)n(-c2nc3ccccc3s2)n1. The number of rotatable bonds is 1. The predicted octanol–water partition coefficient (Wildman–Crippen LogP) is 3.08. The van der Waals surface area contributed by atoms with Crippen LogP contribution >= 0.6 is 11.3 Å². The molecule has 0 aliphatic heterocycles. The van der Waals surface area contributed by atoms with E-state index in [1.165, 1.54) is 0 Å². The molecule has 2 N–H and O–H groups in total. The van der Waals surface area contributed by atoms with Crippen molar-refractivity contribution in [3.05, 3.63) is 36.0 Å². The lowest BCUT2D eigenvalue weighted by Crippen LogP contribution is -2.12. The standard InChI is InChI=1S/C11H7F3N4S/c12-11(13,14)8-5-9(15)17-18(8)10-16-6-3-1-2-4-7(6)19-10/h1-5H,(H2,15,17). The van der Waals surface area contributed by atoms with Crippen LogP contribution in [0, 0.1) is 0 Å². The molecule has 19 heavy (non-hydrogen) atoms. The Morgan fingerprint density at radius 3 is 2.63 bits per heavy atom. The molecule has 0 amide bonds. The topological polar surface area (TPSA) is 56.7 Å². The molecule has 3 aromatic rings. The lowest BCUT2D eigenvalue weighted by Gasteiger charge is -2.06. The summed E-state index contributed by atoms with van der Waals surface area (Å²) in [5.41, 5.74) is 5.06. The van der Waals surface area contributed by atoms with Crippen LogP contribution in [0.2, 0.25) is 0 Å². The number of halogens is 3. The number of nitrogen functional groups attached to an aromatic ring is 1. The number of thiazole rings is 1. The van der Waals surface area contributed by atoms with E-state index >= 15 is 0 Å². The molecule has 4 nitrogen and oxygen atoms in total. The average Bonchev–Trinajstić information content (AvgIpc) is 2.90. The van der Waals surface area contributed by atoms with E-state index in [1.807, 2.05) is 0 Å². The van der Waals surface area contributed by atoms with Crippen molar-refractivity contribution in [1.82, 2.24) is 14.8 Å². The van der Waals surface area contributed by atoms with Gasteiger partial charge in [-0.2, -0.15) is 17.9 Å². The van der Waals surface area contributed by atoms with Crippen LogP contribution in [-0.2, 0) is 6.18 Å². The highest BCUT2D eigenvalue weighted by atomic mass is 32.1. The highest BCUT2D eigenvalue weighted by Gasteiger charge is 2.36. The van der Waals surface area contributed by atoms with E-state index < -0.39 is 11.9 Å². The van der Waals surface area contributed by atoms with Crippen molar-refractivity contribution in [3.63, 3.8) is 0 Å². The number of anilines is 1. The van der Waals surface area contributed by atoms with Crippen molar-refractivity contribution in [2.75, 3.05) is 5.73 Å². The number of benzene rings is 1. The normalized spacial score (nSPS) is 12.2. The molecule has 0 bridgehead atoms. The zero-order chi connectivity index (χ0) is 13.6. The highest BCUT2D eigenvalue weighted by Crippen LogP contribution is 2.34. The molecule has 0 saturated carbocycles. The van der Waals surface area contributed by atoms with Gasteiger partial charge in [0.25, 0.3) is 0 Å². The first kappa shape index (κ1) is 12.0. The van der Waals surface area contributed by atoms with Gasteiger partial charge in [0.1, 0.15) is 5.82 Å². The Bertz CT molecular complexity index is 711. The van der Waals surface area contributed by atoms with Crippen molar-refractivity contribution >= 4 is 27.4 Å². The Morgan fingerprint density at radius 1 is 1.21 bits per heavy atom. The first-order valence-electron chi connectivity index (χ1n) is 5.24. The summed E-state index contributed by atoms with van der Waals surface area (Å²) < 4.78 is 40.1. The zero-order valence-corrected chi connectivity index (χ0v) is 10.2. The number of nitrogens with two attached hydrogens (primary N) is 1. The maximum absolute atomic E-state index is 12.9. The summed E-state index contributed by atoms with van der Waals surface area (Å²) in [6.45, 7) is 0. The van der Waals surface area contributed by atoms with Gasteiger partial charge in [0.15, 0.2) is 5.69 Å². The maximum atomic E-state index is 12.9. The van der Waals surface area contributed by atoms with Crippen LogP contribution in [0.25, 0.3) is 15.3 Å². The van der Waals surface area contributed by atoms with E-state index in [1.54, 1.807) is 24.3 Å². The molecule has 3 rings (SSSR count). The number of para-hydroxylation sites is 1. The van der Waals surface area contributed by atoms with Gasteiger partial charge in [-0.15, -0.1) is 5.10 Å². The summed E-state index contributed by atoms with van der Waals surface area (Å²) in [6.07, 6.45) is -4.53. The molecular formula is C11H7F3N4S. The van der Waals surface area contributed by atoms with Gasteiger partial charge >= 0.3 is 6.18 Å². The van der Waals surface area contributed by atoms with Gasteiger partial charge in [0, 0.05) is 6.07 Å². The van der Waals surface area contributed by atoms with E-state index in [9.17, 15) is 13.2 Å². The summed E-state index contributed by atoms with van der Waals surface area (Å²) in [6, 6.07) is 7.89. The maximum Gasteiger partial charge on any atom is 0.433 e.